The van der Waals surface area contributed by atoms with E-state index in [0.717, 1.165) is 31.6 Å². The molecule has 8 atom stereocenters. The molecule has 23 heavy (non-hydrogen) atoms. The largest absolute Gasteiger partial charge is 0.390 e. The SMILES string of the molecule is CO[C@H]1C[C@@]2(C)[C@@H](CC[C@H]3[C@@H]4CC(=O)C[C@@]4(C)CC[C@@H]32)C[C@@H]1O. The van der Waals surface area contributed by atoms with Gasteiger partial charge in [0.25, 0.3) is 0 Å². The Morgan fingerprint density at radius 2 is 1.96 bits per heavy atom. The molecule has 0 aromatic heterocycles. The molecule has 4 fully saturated rings. The molecular formula is C20H32O3. The molecule has 0 radical (unpaired) electrons. The van der Waals surface area contributed by atoms with E-state index in [1.807, 2.05) is 0 Å². The van der Waals surface area contributed by atoms with E-state index in [0.29, 0.717) is 23.5 Å². The highest BCUT2D eigenvalue weighted by atomic mass is 16.5. The Morgan fingerprint density at radius 1 is 1.17 bits per heavy atom. The number of carbonyl (C=O) groups excluding carboxylic acids is 1. The van der Waals surface area contributed by atoms with E-state index >= 15 is 0 Å². The number of methoxy groups -OCH3 is 1. The van der Waals surface area contributed by atoms with Gasteiger partial charge in [-0.15, -0.1) is 0 Å². The average molecular weight is 320 g/mol. The third kappa shape index (κ3) is 2.26. The second kappa shape index (κ2) is 5.29. The first kappa shape index (κ1) is 16.1. The zero-order valence-corrected chi connectivity index (χ0v) is 14.9. The zero-order chi connectivity index (χ0) is 16.4. The van der Waals surface area contributed by atoms with Crippen LogP contribution >= 0.6 is 0 Å². The van der Waals surface area contributed by atoms with Crippen molar-refractivity contribution in [2.75, 3.05) is 7.11 Å². The van der Waals surface area contributed by atoms with Gasteiger partial charge in [-0.3, -0.25) is 4.79 Å². The third-order valence-electron chi connectivity index (χ3n) is 8.53. The smallest absolute Gasteiger partial charge is 0.133 e. The lowest BCUT2D eigenvalue weighted by Crippen LogP contribution is -2.56. The quantitative estimate of drug-likeness (QED) is 0.803. The van der Waals surface area contributed by atoms with Gasteiger partial charge in [-0.2, -0.15) is 0 Å². The first-order valence-corrected chi connectivity index (χ1v) is 9.60. The van der Waals surface area contributed by atoms with Crippen molar-refractivity contribution in [3.05, 3.63) is 0 Å². The third-order valence-corrected chi connectivity index (χ3v) is 8.53. The molecule has 4 rings (SSSR count). The second-order valence-corrected chi connectivity index (χ2v) is 9.55. The number of ketones is 1. The fourth-order valence-electron chi connectivity index (χ4n) is 7.27. The summed E-state index contributed by atoms with van der Waals surface area (Å²) in [6.45, 7) is 4.83. The van der Waals surface area contributed by atoms with Crippen molar-refractivity contribution < 1.29 is 14.6 Å². The summed E-state index contributed by atoms with van der Waals surface area (Å²) in [7, 11) is 1.74. The lowest BCUT2D eigenvalue weighted by Gasteiger charge is -2.61. The van der Waals surface area contributed by atoms with Gasteiger partial charge in [0.2, 0.25) is 0 Å². The second-order valence-electron chi connectivity index (χ2n) is 9.55. The molecule has 4 aliphatic carbocycles. The molecule has 3 nitrogen and oxygen atoms in total. The highest BCUT2D eigenvalue weighted by Gasteiger charge is 2.60. The Hall–Kier alpha value is -0.410. The molecule has 0 saturated heterocycles. The van der Waals surface area contributed by atoms with E-state index in [1.54, 1.807) is 7.11 Å². The van der Waals surface area contributed by atoms with Crippen molar-refractivity contribution >= 4 is 5.78 Å². The number of aliphatic hydroxyl groups is 1. The minimum atomic E-state index is -0.295. The number of fused-ring (bicyclic) bond motifs is 5. The molecular weight excluding hydrogens is 288 g/mol. The van der Waals surface area contributed by atoms with Crippen molar-refractivity contribution in [3.8, 4) is 0 Å². The molecule has 0 unspecified atom stereocenters. The van der Waals surface area contributed by atoms with Crippen LogP contribution in [0.15, 0.2) is 0 Å². The van der Waals surface area contributed by atoms with E-state index in [-0.39, 0.29) is 23.0 Å². The lowest BCUT2D eigenvalue weighted by atomic mass is 9.45. The molecule has 0 aliphatic heterocycles. The Labute approximate surface area is 140 Å². The normalized spacial score (nSPS) is 55.9. The minimum Gasteiger partial charge on any atom is -0.390 e. The molecule has 4 aliphatic rings. The van der Waals surface area contributed by atoms with Crippen molar-refractivity contribution in [3.63, 3.8) is 0 Å². The predicted octanol–water partition coefficient (Wildman–Crippen LogP) is 3.58. The van der Waals surface area contributed by atoms with Crippen LogP contribution in [0.25, 0.3) is 0 Å². The van der Waals surface area contributed by atoms with E-state index in [9.17, 15) is 9.90 Å². The Bertz CT molecular complexity index is 503. The summed E-state index contributed by atoms with van der Waals surface area (Å²) < 4.78 is 5.62. The fraction of sp³-hybridized carbons (Fsp3) is 0.950. The molecule has 0 bridgehead atoms. The molecule has 130 valence electrons. The Kier molecular flexibility index (Phi) is 3.70. The summed E-state index contributed by atoms with van der Waals surface area (Å²) in [5.74, 6) is 3.18. The van der Waals surface area contributed by atoms with Gasteiger partial charge in [0.15, 0.2) is 0 Å². The van der Waals surface area contributed by atoms with E-state index in [2.05, 4.69) is 13.8 Å². The maximum absolute atomic E-state index is 12.1. The van der Waals surface area contributed by atoms with Gasteiger partial charge in [-0.05, 0) is 73.0 Å². The molecule has 0 aromatic rings. The summed E-state index contributed by atoms with van der Waals surface area (Å²) in [5.41, 5.74) is 0.562. The van der Waals surface area contributed by atoms with Crippen LogP contribution in [0, 0.1) is 34.5 Å². The molecule has 4 saturated carbocycles. The van der Waals surface area contributed by atoms with Crippen LogP contribution in [-0.4, -0.2) is 30.2 Å². The molecule has 1 N–H and O–H groups in total. The number of ether oxygens (including phenoxy) is 1. The number of carbonyl (C=O) groups is 1. The van der Waals surface area contributed by atoms with Crippen LogP contribution in [-0.2, 0) is 9.53 Å². The highest BCUT2D eigenvalue weighted by molar-refractivity contribution is 5.82. The van der Waals surface area contributed by atoms with Gasteiger partial charge < -0.3 is 9.84 Å². The predicted molar refractivity (Wildman–Crippen MR) is 88.9 cm³/mol. The van der Waals surface area contributed by atoms with Crippen LogP contribution in [0.4, 0.5) is 0 Å². The summed E-state index contributed by atoms with van der Waals surface area (Å²) in [5, 5.41) is 10.4. The zero-order valence-electron chi connectivity index (χ0n) is 14.9. The number of rotatable bonds is 1. The topological polar surface area (TPSA) is 46.5 Å². The molecule has 0 heterocycles. The Balaban J connectivity index is 1.63. The summed E-state index contributed by atoms with van der Waals surface area (Å²) in [6, 6.07) is 0. The van der Waals surface area contributed by atoms with E-state index in [4.69, 9.17) is 4.74 Å². The van der Waals surface area contributed by atoms with Crippen LogP contribution < -0.4 is 0 Å². The van der Waals surface area contributed by atoms with Crippen molar-refractivity contribution in [2.24, 2.45) is 34.5 Å². The van der Waals surface area contributed by atoms with E-state index in [1.165, 1.54) is 25.7 Å². The maximum Gasteiger partial charge on any atom is 0.133 e. The van der Waals surface area contributed by atoms with Crippen LogP contribution in [0.2, 0.25) is 0 Å². The molecule has 0 aromatic carbocycles. The first-order valence-electron chi connectivity index (χ1n) is 9.60. The number of hydrogen-bond acceptors (Lipinski definition) is 3. The Morgan fingerprint density at radius 3 is 2.70 bits per heavy atom. The standard InChI is InChI=1S/C20H32O3/c1-19-7-6-15-14(16(19)9-13(21)10-19)5-4-12-8-17(22)18(23-3)11-20(12,15)2/h12,14-18,22H,4-11H2,1-3H3/t12-,14+,15-,16-,17-,18-,19+,20-/m0/s1. The fourth-order valence-corrected chi connectivity index (χ4v) is 7.27. The average Bonchev–Trinajstić information content (AvgIpc) is 2.81. The number of Topliss-reactive ketones (excluding diaryl/α,β-unsaturated/α-hetero) is 1. The highest BCUT2D eigenvalue weighted by Crippen LogP contribution is 2.65. The summed E-state index contributed by atoms with van der Waals surface area (Å²) in [6.07, 6.45) is 8.22. The van der Waals surface area contributed by atoms with Crippen LogP contribution in [0.5, 0.6) is 0 Å². The summed E-state index contributed by atoms with van der Waals surface area (Å²) >= 11 is 0. The van der Waals surface area contributed by atoms with Gasteiger partial charge in [-0.1, -0.05) is 13.8 Å². The van der Waals surface area contributed by atoms with Gasteiger partial charge in [0, 0.05) is 20.0 Å². The van der Waals surface area contributed by atoms with Crippen LogP contribution in [0.1, 0.15) is 65.2 Å². The molecule has 3 heteroatoms. The van der Waals surface area contributed by atoms with Gasteiger partial charge in [0.1, 0.15) is 5.78 Å². The van der Waals surface area contributed by atoms with Gasteiger partial charge in [-0.25, -0.2) is 0 Å². The van der Waals surface area contributed by atoms with E-state index < -0.39 is 0 Å². The first-order chi connectivity index (χ1) is 10.9. The molecule has 0 spiro atoms. The monoisotopic (exact) mass is 320 g/mol. The number of hydrogen-bond donors (Lipinski definition) is 1. The van der Waals surface area contributed by atoms with Gasteiger partial charge >= 0.3 is 0 Å². The van der Waals surface area contributed by atoms with Crippen molar-refractivity contribution in [1.82, 2.24) is 0 Å². The van der Waals surface area contributed by atoms with Crippen LogP contribution in [0.3, 0.4) is 0 Å². The lowest BCUT2D eigenvalue weighted by molar-refractivity contribution is -0.163. The summed E-state index contributed by atoms with van der Waals surface area (Å²) in [4.78, 5) is 12.1. The molecule has 0 amide bonds. The minimum absolute atomic E-state index is 0.00600. The van der Waals surface area contributed by atoms with Crippen molar-refractivity contribution in [2.45, 2.75) is 77.4 Å². The van der Waals surface area contributed by atoms with Gasteiger partial charge in [0.05, 0.1) is 12.2 Å². The maximum atomic E-state index is 12.1. The van der Waals surface area contributed by atoms with Crippen molar-refractivity contribution in [1.29, 1.82) is 0 Å². The number of aliphatic hydroxyl groups excluding tert-OH is 1.